The SMILES string of the molecule is NCC1(Cc2nncn2-c2ccccc2)CCC1. The molecule has 3 rings (SSSR count). The lowest BCUT2D eigenvalue weighted by molar-refractivity contribution is 0.141. The molecule has 0 amide bonds. The molecular formula is C14H18N4. The van der Waals surface area contributed by atoms with Gasteiger partial charge in [-0.25, -0.2) is 0 Å². The highest BCUT2D eigenvalue weighted by molar-refractivity contribution is 5.32. The molecule has 0 spiro atoms. The molecule has 2 aromatic rings. The zero-order valence-electron chi connectivity index (χ0n) is 10.4. The van der Waals surface area contributed by atoms with Crippen molar-refractivity contribution in [2.45, 2.75) is 25.7 Å². The molecule has 0 atom stereocenters. The van der Waals surface area contributed by atoms with E-state index in [2.05, 4.69) is 26.9 Å². The Morgan fingerprint density at radius 1 is 1.22 bits per heavy atom. The van der Waals surface area contributed by atoms with Crippen molar-refractivity contribution in [3.8, 4) is 5.69 Å². The average Bonchev–Trinajstić information content (AvgIpc) is 2.83. The maximum Gasteiger partial charge on any atom is 0.137 e. The lowest BCUT2D eigenvalue weighted by Gasteiger charge is -2.40. The summed E-state index contributed by atoms with van der Waals surface area (Å²) >= 11 is 0. The summed E-state index contributed by atoms with van der Waals surface area (Å²) in [5, 5.41) is 8.31. The second-order valence-electron chi connectivity index (χ2n) is 5.19. The first-order valence-corrected chi connectivity index (χ1v) is 6.47. The van der Waals surface area contributed by atoms with Crippen LogP contribution in [0.1, 0.15) is 25.1 Å². The molecule has 1 heterocycles. The minimum Gasteiger partial charge on any atom is -0.330 e. The van der Waals surface area contributed by atoms with Crippen LogP contribution in [0.4, 0.5) is 0 Å². The highest BCUT2D eigenvalue weighted by atomic mass is 15.3. The molecule has 0 bridgehead atoms. The predicted molar refractivity (Wildman–Crippen MR) is 70.4 cm³/mol. The van der Waals surface area contributed by atoms with Crippen LogP contribution in [0.2, 0.25) is 0 Å². The van der Waals surface area contributed by atoms with E-state index < -0.39 is 0 Å². The third-order valence-corrected chi connectivity index (χ3v) is 4.03. The van der Waals surface area contributed by atoms with Crippen molar-refractivity contribution < 1.29 is 0 Å². The van der Waals surface area contributed by atoms with Crippen molar-refractivity contribution in [1.82, 2.24) is 14.8 Å². The fourth-order valence-electron chi connectivity index (χ4n) is 2.65. The number of nitrogens with zero attached hydrogens (tertiary/aromatic N) is 3. The molecule has 1 aromatic heterocycles. The van der Waals surface area contributed by atoms with Crippen LogP contribution in [0.3, 0.4) is 0 Å². The van der Waals surface area contributed by atoms with E-state index in [0.717, 1.165) is 24.5 Å². The molecular weight excluding hydrogens is 224 g/mol. The van der Waals surface area contributed by atoms with Crippen LogP contribution in [0.5, 0.6) is 0 Å². The Bertz CT molecular complexity index is 508. The number of aromatic nitrogens is 3. The molecule has 0 unspecified atom stereocenters. The normalized spacial score (nSPS) is 17.4. The largest absolute Gasteiger partial charge is 0.330 e. The standard InChI is InChI=1S/C14H18N4/c15-10-14(7-4-8-14)9-13-17-16-11-18(13)12-5-2-1-3-6-12/h1-3,5-6,11H,4,7-10,15H2. The van der Waals surface area contributed by atoms with Gasteiger partial charge in [-0.1, -0.05) is 24.6 Å². The molecule has 2 N–H and O–H groups in total. The van der Waals surface area contributed by atoms with Crippen LogP contribution in [0.25, 0.3) is 5.69 Å². The van der Waals surface area contributed by atoms with E-state index in [4.69, 9.17) is 5.73 Å². The molecule has 0 saturated heterocycles. The minimum absolute atomic E-state index is 0.263. The van der Waals surface area contributed by atoms with Gasteiger partial charge in [0.1, 0.15) is 12.2 Å². The van der Waals surface area contributed by atoms with Gasteiger partial charge < -0.3 is 5.73 Å². The Hall–Kier alpha value is -1.68. The Morgan fingerprint density at radius 3 is 2.61 bits per heavy atom. The molecule has 1 aliphatic carbocycles. The summed E-state index contributed by atoms with van der Waals surface area (Å²) in [6.07, 6.45) is 6.43. The first-order chi connectivity index (χ1) is 8.83. The molecule has 0 aliphatic heterocycles. The number of hydrogen-bond acceptors (Lipinski definition) is 3. The van der Waals surface area contributed by atoms with E-state index in [9.17, 15) is 0 Å². The lowest BCUT2D eigenvalue weighted by Crippen LogP contribution is -2.39. The van der Waals surface area contributed by atoms with Gasteiger partial charge in [-0.05, 0) is 36.9 Å². The van der Waals surface area contributed by atoms with E-state index in [0.29, 0.717) is 0 Å². The molecule has 4 nitrogen and oxygen atoms in total. The Labute approximate surface area is 107 Å². The van der Waals surface area contributed by atoms with Gasteiger partial charge in [-0.15, -0.1) is 10.2 Å². The zero-order chi connectivity index (χ0) is 12.4. The number of para-hydroxylation sites is 1. The van der Waals surface area contributed by atoms with Crippen molar-refractivity contribution in [1.29, 1.82) is 0 Å². The predicted octanol–water partition coefficient (Wildman–Crippen LogP) is 1.94. The zero-order valence-corrected chi connectivity index (χ0v) is 10.4. The smallest absolute Gasteiger partial charge is 0.137 e. The van der Waals surface area contributed by atoms with Gasteiger partial charge in [0, 0.05) is 12.1 Å². The van der Waals surface area contributed by atoms with Crippen molar-refractivity contribution in [2.75, 3.05) is 6.54 Å². The first kappa shape index (κ1) is 11.4. The Balaban J connectivity index is 1.88. The van der Waals surface area contributed by atoms with Crippen LogP contribution < -0.4 is 5.73 Å². The molecule has 18 heavy (non-hydrogen) atoms. The summed E-state index contributed by atoms with van der Waals surface area (Å²) in [7, 11) is 0. The first-order valence-electron chi connectivity index (χ1n) is 6.47. The Kier molecular flexibility index (Phi) is 2.88. The van der Waals surface area contributed by atoms with Crippen LogP contribution in [-0.2, 0) is 6.42 Å². The molecule has 1 aliphatic rings. The van der Waals surface area contributed by atoms with E-state index in [1.807, 2.05) is 18.2 Å². The van der Waals surface area contributed by atoms with E-state index in [1.54, 1.807) is 6.33 Å². The molecule has 0 radical (unpaired) electrons. The van der Waals surface area contributed by atoms with Crippen molar-refractivity contribution in [3.63, 3.8) is 0 Å². The van der Waals surface area contributed by atoms with Crippen LogP contribution in [0.15, 0.2) is 36.7 Å². The van der Waals surface area contributed by atoms with Gasteiger partial charge in [0.15, 0.2) is 0 Å². The van der Waals surface area contributed by atoms with Gasteiger partial charge >= 0.3 is 0 Å². The quantitative estimate of drug-likeness (QED) is 0.891. The van der Waals surface area contributed by atoms with Crippen molar-refractivity contribution in [2.24, 2.45) is 11.1 Å². The minimum atomic E-state index is 0.263. The number of nitrogens with two attached hydrogens (primary N) is 1. The van der Waals surface area contributed by atoms with Crippen LogP contribution in [-0.4, -0.2) is 21.3 Å². The summed E-state index contributed by atoms with van der Waals surface area (Å²) in [5.41, 5.74) is 7.29. The van der Waals surface area contributed by atoms with Crippen LogP contribution >= 0.6 is 0 Å². The maximum atomic E-state index is 5.92. The van der Waals surface area contributed by atoms with E-state index in [1.165, 1.54) is 19.3 Å². The summed E-state index contributed by atoms with van der Waals surface area (Å²) in [5.74, 6) is 1.02. The van der Waals surface area contributed by atoms with Gasteiger partial charge in [0.2, 0.25) is 0 Å². The fraction of sp³-hybridized carbons (Fsp3) is 0.429. The van der Waals surface area contributed by atoms with Crippen LogP contribution in [0, 0.1) is 5.41 Å². The summed E-state index contributed by atoms with van der Waals surface area (Å²) in [6, 6.07) is 10.2. The van der Waals surface area contributed by atoms with Crippen molar-refractivity contribution >= 4 is 0 Å². The second kappa shape index (κ2) is 4.53. The molecule has 94 valence electrons. The summed E-state index contributed by atoms with van der Waals surface area (Å²) in [6.45, 7) is 0.745. The lowest BCUT2D eigenvalue weighted by atomic mass is 9.66. The topological polar surface area (TPSA) is 56.7 Å². The molecule has 1 aromatic carbocycles. The van der Waals surface area contributed by atoms with E-state index in [-0.39, 0.29) is 5.41 Å². The Morgan fingerprint density at radius 2 is 2.00 bits per heavy atom. The van der Waals surface area contributed by atoms with Crippen molar-refractivity contribution in [3.05, 3.63) is 42.5 Å². The molecule has 1 saturated carbocycles. The van der Waals surface area contributed by atoms with Gasteiger partial charge in [0.05, 0.1) is 0 Å². The second-order valence-corrected chi connectivity index (χ2v) is 5.19. The number of benzene rings is 1. The van der Waals surface area contributed by atoms with Gasteiger partial charge in [-0.3, -0.25) is 4.57 Å². The maximum absolute atomic E-state index is 5.92. The number of hydrogen-bond donors (Lipinski definition) is 1. The average molecular weight is 242 g/mol. The molecule has 4 heteroatoms. The fourth-order valence-corrected chi connectivity index (χ4v) is 2.65. The monoisotopic (exact) mass is 242 g/mol. The highest BCUT2D eigenvalue weighted by Crippen LogP contribution is 2.42. The third kappa shape index (κ3) is 1.93. The van der Waals surface area contributed by atoms with Gasteiger partial charge in [-0.2, -0.15) is 0 Å². The highest BCUT2D eigenvalue weighted by Gasteiger charge is 2.37. The summed E-state index contributed by atoms with van der Waals surface area (Å²) in [4.78, 5) is 0. The summed E-state index contributed by atoms with van der Waals surface area (Å²) < 4.78 is 2.07. The number of rotatable bonds is 4. The van der Waals surface area contributed by atoms with E-state index >= 15 is 0 Å². The third-order valence-electron chi connectivity index (χ3n) is 4.03. The van der Waals surface area contributed by atoms with Gasteiger partial charge in [0.25, 0.3) is 0 Å². The molecule has 1 fully saturated rings.